The number of methoxy groups -OCH3 is 2. The fraction of sp³-hybridized carbons (Fsp3) is 0.0909. The highest BCUT2D eigenvalue weighted by Gasteiger charge is 2.14. The molecule has 152 valence electrons. The summed E-state index contributed by atoms with van der Waals surface area (Å²) in [5.74, 6) is 1.11. The van der Waals surface area contributed by atoms with Gasteiger partial charge in [-0.05, 0) is 59.3 Å². The summed E-state index contributed by atoms with van der Waals surface area (Å²) in [6, 6.07) is 13.6. The van der Waals surface area contributed by atoms with Crippen molar-refractivity contribution in [3.05, 3.63) is 80.9 Å². The average molecular weight is 440 g/mol. The molecule has 2 aromatic heterocycles. The molecule has 0 fully saturated rings. The van der Waals surface area contributed by atoms with Gasteiger partial charge in [-0.2, -0.15) is 16.4 Å². The van der Waals surface area contributed by atoms with E-state index in [-0.39, 0.29) is 5.82 Å². The molecule has 8 heteroatoms. The number of halogens is 1. The number of nitrogens with zero attached hydrogens (tertiary/aromatic N) is 3. The molecular formula is C22H18FN3O2S2. The summed E-state index contributed by atoms with van der Waals surface area (Å²) >= 11 is 3.04. The van der Waals surface area contributed by atoms with Gasteiger partial charge in [-0.25, -0.2) is 14.1 Å². The summed E-state index contributed by atoms with van der Waals surface area (Å²) in [4.78, 5) is 5.30. The molecule has 2 aromatic carbocycles. The van der Waals surface area contributed by atoms with Crippen LogP contribution in [0.1, 0.15) is 5.56 Å². The van der Waals surface area contributed by atoms with Crippen LogP contribution in [0.3, 0.4) is 0 Å². The molecule has 0 aliphatic carbocycles. The van der Waals surface area contributed by atoms with Crippen molar-refractivity contribution >= 4 is 34.6 Å². The monoisotopic (exact) mass is 439 g/mol. The Bertz CT molecular complexity index is 1230. The molecule has 4 aromatic rings. The molecule has 0 N–H and O–H groups in total. The second-order valence-corrected chi connectivity index (χ2v) is 7.79. The van der Waals surface area contributed by atoms with Gasteiger partial charge < -0.3 is 9.47 Å². The van der Waals surface area contributed by atoms with Gasteiger partial charge in [-0.3, -0.25) is 0 Å². The van der Waals surface area contributed by atoms with Crippen LogP contribution in [0.15, 0.2) is 74.8 Å². The highest BCUT2D eigenvalue weighted by Crippen LogP contribution is 2.33. The van der Waals surface area contributed by atoms with E-state index in [1.54, 1.807) is 48.6 Å². The number of hydrogen-bond acceptors (Lipinski definition) is 6. The van der Waals surface area contributed by atoms with Crippen LogP contribution in [-0.4, -0.2) is 25.1 Å². The van der Waals surface area contributed by atoms with Gasteiger partial charge in [0.2, 0.25) is 4.80 Å². The molecule has 2 heterocycles. The zero-order chi connectivity index (χ0) is 20.9. The van der Waals surface area contributed by atoms with Crippen molar-refractivity contribution in [3.63, 3.8) is 0 Å². The lowest BCUT2D eigenvalue weighted by atomic mass is 10.1. The van der Waals surface area contributed by atoms with Crippen LogP contribution in [0.5, 0.6) is 11.5 Å². The van der Waals surface area contributed by atoms with E-state index in [1.807, 2.05) is 40.4 Å². The van der Waals surface area contributed by atoms with Gasteiger partial charge in [0.15, 0.2) is 0 Å². The Morgan fingerprint density at radius 3 is 2.53 bits per heavy atom. The van der Waals surface area contributed by atoms with Crippen molar-refractivity contribution in [1.82, 2.24) is 4.68 Å². The predicted molar refractivity (Wildman–Crippen MR) is 120 cm³/mol. The van der Waals surface area contributed by atoms with E-state index in [9.17, 15) is 4.39 Å². The maximum Gasteiger partial charge on any atom is 0.211 e. The lowest BCUT2D eigenvalue weighted by molar-refractivity contribution is 0.404. The second-order valence-electron chi connectivity index (χ2n) is 6.17. The standard InChI is InChI=1S/C22H18FN3O2S2/c1-27-18-7-8-21(28-2)19(11-18)20-14-30-22(25-17-5-3-16(23)4-6-17)26(20)24-12-15-9-10-29-13-15/h3-14H,1-2H3. The van der Waals surface area contributed by atoms with Crippen LogP contribution < -0.4 is 14.3 Å². The molecule has 0 atom stereocenters. The van der Waals surface area contributed by atoms with Gasteiger partial charge in [-0.1, -0.05) is 0 Å². The van der Waals surface area contributed by atoms with Gasteiger partial charge in [0.1, 0.15) is 17.3 Å². The molecule has 0 saturated carbocycles. The molecule has 0 saturated heterocycles. The third-order valence-electron chi connectivity index (χ3n) is 4.28. The Hall–Kier alpha value is -3.23. The molecule has 30 heavy (non-hydrogen) atoms. The fourth-order valence-electron chi connectivity index (χ4n) is 2.79. The molecule has 0 radical (unpaired) electrons. The van der Waals surface area contributed by atoms with Crippen molar-refractivity contribution in [2.75, 3.05) is 14.2 Å². The Labute approximate surface area is 181 Å². The average Bonchev–Trinajstić information content (AvgIpc) is 3.43. The first kappa shape index (κ1) is 20.1. The molecule has 0 aliphatic rings. The number of aromatic nitrogens is 1. The Morgan fingerprint density at radius 1 is 1.00 bits per heavy atom. The minimum absolute atomic E-state index is 0.301. The smallest absolute Gasteiger partial charge is 0.211 e. The number of thiophene rings is 1. The molecule has 0 unspecified atom stereocenters. The molecular weight excluding hydrogens is 421 g/mol. The van der Waals surface area contributed by atoms with Crippen molar-refractivity contribution in [2.45, 2.75) is 0 Å². The maximum absolute atomic E-state index is 13.3. The third kappa shape index (κ3) is 4.34. The molecule has 0 aliphatic heterocycles. The van der Waals surface area contributed by atoms with E-state index in [0.717, 1.165) is 16.8 Å². The zero-order valence-corrected chi connectivity index (χ0v) is 17.9. The van der Waals surface area contributed by atoms with E-state index in [2.05, 4.69) is 10.1 Å². The van der Waals surface area contributed by atoms with Gasteiger partial charge in [0, 0.05) is 16.5 Å². The number of ether oxygens (including phenoxy) is 2. The molecule has 4 rings (SSSR count). The second kappa shape index (κ2) is 9.06. The SMILES string of the molecule is COc1ccc(OC)c(-c2csc(=Nc3ccc(F)cc3)n2N=Cc2ccsc2)c1. The van der Waals surface area contributed by atoms with Crippen molar-refractivity contribution in [1.29, 1.82) is 0 Å². The number of rotatable bonds is 6. The summed E-state index contributed by atoms with van der Waals surface area (Å²) in [5.41, 5.74) is 3.27. The summed E-state index contributed by atoms with van der Waals surface area (Å²) in [7, 11) is 3.25. The van der Waals surface area contributed by atoms with Crippen molar-refractivity contribution in [3.8, 4) is 22.8 Å². The van der Waals surface area contributed by atoms with Crippen LogP contribution in [-0.2, 0) is 0 Å². The van der Waals surface area contributed by atoms with Gasteiger partial charge >= 0.3 is 0 Å². The fourth-order valence-corrected chi connectivity index (χ4v) is 4.25. The van der Waals surface area contributed by atoms with E-state index >= 15 is 0 Å². The van der Waals surface area contributed by atoms with Gasteiger partial charge in [-0.15, -0.1) is 11.3 Å². The molecule has 0 bridgehead atoms. The summed E-state index contributed by atoms with van der Waals surface area (Å²) in [6.07, 6.45) is 1.78. The Morgan fingerprint density at radius 2 is 1.83 bits per heavy atom. The van der Waals surface area contributed by atoms with Crippen molar-refractivity contribution in [2.24, 2.45) is 10.1 Å². The van der Waals surface area contributed by atoms with Crippen LogP contribution in [0.25, 0.3) is 11.3 Å². The summed E-state index contributed by atoms with van der Waals surface area (Å²) in [6.45, 7) is 0. The van der Waals surface area contributed by atoms with Gasteiger partial charge in [0.05, 0.1) is 31.8 Å². The highest BCUT2D eigenvalue weighted by atomic mass is 32.1. The molecule has 5 nitrogen and oxygen atoms in total. The van der Waals surface area contributed by atoms with Gasteiger partial charge in [0.25, 0.3) is 0 Å². The molecule has 0 spiro atoms. The van der Waals surface area contributed by atoms with Crippen LogP contribution >= 0.6 is 22.7 Å². The summed E-state index contributed by atoms with van der Waals surface area (Å²) < 4.78 is 26.0. The number of thiazole rings is 1. The molecule has 0 amide bonds. The topological polar surface area (TPSA) is 48.1 Å². The van der Waals surface area contributed by atoms with E-state index < -0.39 is 0 Å². The van der Waals surface area contributed by atoms with Crippen LogP contribution in [0.2, 0.25) is 0 Å². The van der Waals surface area contributed by atoms with Crippen LogP contribution in [0, 0.1) is 5.82 Å². The minimum atomic E-state index is -0.301. The quantitative estimate of drug-likeness (QED) is 0.370. The lowest BCUT2D eigenvalue weighted by Gasteiger charge is -2.11. The number of benzene rings is 2. The minimum Gasteiger partial charge on any atom is -0.497 e. The first-order valence-electron chi connectivity index (χ1n) is 8.98. The van der Waals surface area contributed by atoms with Crippen molar-refractivity contribution < 1.29 is 13.9 Å². The van der Waals surface area contributed by atoms with E-state index in [0.29, 0.717) is 22.0 Å². The van der Waals surface area contributed by atoms with Crippen LogP contribution in [0.4, 0.5) is 10.1 Å². The first-order valence-corrected chi connectivity index (χ1v) is 10.8. The highest BCUT2D eigenvalue weighted by molar-refractivity contribution is 7.08. The Kier molecular flexibility index (Phi) is 6.06. The zero-order valence-electron chi connectivity index (χ0n) is 16.3. The maximum atomic E-state index is 13.3. The lowest BCUT2D eigenvalue weighted by Crippen LogP contribution is -2.11. The predicted octanol–water partition coefficient (Wildman–Crippen LogP) is 5.55. The third-order valence-corrected chi connectivity index (χ3v) is 5.80. The summed E-state index contributed by atoms with van der Waals surface area (Å²) in [5, 5.41) is 10.6. The van der Waals surface area contributed by atoms with E-state index in [4.69, 9.17) is 9.47 Å². The van der Waals surface area contributed by atoms with E-state index in [1.165, 1.54) is 23.5 Å². The normalized spacial score (nSPS) is 11.9. The first-order chi connectivity index (χ1) is 14.7. The number of hydrogen-bond donors (Lipinski definition) is 0. The Balaban J connectivity index is 1.89. The largest absolute Gasteiger partial charge is 0.497 e.